The molecule has 0 spiro atoms. The van der Waals surface area contributed by atoms with Gasteiger partial charge in [-0.3, -0.25) is 4.68 Å². The van der Waals surface area contributed by atoms with Crippen LogP contribution in [0.2, 0.25) is 0 Å². The molecule has 2 heterocycles. The maximum Gasteiger partial charge on any atom is 0.138 e. The minimum Gasteiger partial charge on any atom is -0.399 e. The van der Waals surface area contributed by atoms with Crippen LogP contribution in [0.3, 0.4) is 0 Å². The van der Waals surface area contributed by atoms with Crippen molar-refractivity contribution in [3.05, 3.63) is 42.0 Å². The second-order valence-electron chi connectivity index (χ2n) is 5.32. The fraction of sp³-hybridized carbons (Fsp3) is 0.333. The number of aromatic nitrogens is 4. The summed E-state index contributed by atoms with van der Waals surface area (Å²) in [6.07, 6.45) is 4.08. The lowest BCUT2D eigenvalue weighted by atomic mass is 10.2. The van der Waals surface area contributed by atoms with Crippen LogP contribution in [0.15, 0.2) is 30.6 Å². The molecular formula is C15H19N5O. The Morgan fingerprint density at radius 3 is 2.86 bits per heavy atom. The highest BCUT2D eigenvalue weighted by molar-refractivity contribution is 5.79. The van der Waals surface area contributed by atoms with Gasteiger partial charge in [-0.05, 0) is 37.1 Å². The van der Waals surface area contributed by atoms with Gasteiger partial charge in [0, 0.05) is 25.5 Å². The first kappa shape index (κ1) is 13.6. The van der Waals surface area contributed by atoms with E-state index in [4.69, 9.17) is 5.73 Å². The minimum atomic E-state index is -0.618. The third-order valence-electron chi connectivity index (χ3n) is 3.56. The average Bonchev–Trinajstić information content (AvgIpc) is 2.99. The predicted molar refractivity (Wildman–Crippen MR) is 81.7 cm³/mol. The summed E-state index contributed by atoms with van der Waals surface area (Å²) in [6.45, 7) is 2.47. The van der Waals surface area contributed by atoms with E-state index >= 15 is 0 Å². The van der Waals surface area contributed by atoms with Crippen molar-refractivity contribution in [2.24, 2.45) is 7.05 Å². The Kier molecular flexibility index (Phi) is 3.39. The van der Waals surface area contributed by atoms with Gasteiger partial charge in [0.1, 0.15) is 11.9 Å². The van der Waals surface area contributed by atoms with Gasteiger partial charge in [-0.15, -0.1) is 0 Å². The molecule has 0 aliphatic heterocycles. The number of nitrogens with two attached hydrogens (primary N) is 1. The highest BCUT2D eigenvalue weighted by Crippen LogP contribution is 2.23. The molecule has 0 amide bonds. The Hall–Kier alpha value is -2.34. The molecule has 1 atom stereocenters. The fourth-order valence-corrected chi connectivity index (χ4v) is 2.56. The number of nitrogen functional groups attached to an aromatic ring is 1. The maximum atomic E-state index is 9.95. The number of aliphatic hydroxyl groups is 1. The molecule has 0 aliphatic rings. The number of hydrogen-bond donors (Lipinski definition) is 2. The molecule has 0 bridgehead atoms. The van der Waals surface area contributed by atoms with E-state index < -0.39 is 6.10 Å². The number of aliphatic hydroxyl groups excluding tert-OH is 1. The normalized spacial score (nSPS) is 12.9. The van der Waals surface area contributed by atoms with E-state index in [0.717, 1.165) is 29.6 Å². The third kappa shape index (κ3) is 2.62. The molecule has 0 saturated heterocycles. The minimum absolute atomic E-state index is 0.618. The topological polar surface area (TPSA) is 81.9 Å². The number of anilines is 1. The summed E-state index contributed by atoms with van der Waals surface area (Å²) in [7, 11) is 1.90. The Morgan fingerprint density at radius 2 is 2.19 bits per heavy atom. The average molecular weight is 285 g/mol. The number of imidazole rings is 1. The molecule has 2 aromatic heterocycles. The zero-order chi connectivity index (χ0) is 15.0. The summed E-state index contributed by atoms with van der Waals surface area (Å²) in [5, 5.41) is 14.1. The first-order valence-corrected chi connectivity index (χ1v) is 6.96. The molecule has 0 radical (unpaired) electrons. The van der Waals surface area contributed by atoms with Crippen LogP contribution in [-0.4, -0.2) is 24.4 Å². The van der Waals surface area contributed by atoms with Crippen LogP contribution in [0.5, 0.6) is 0 Å². The smallest absolute Gasteiger partial charge is 0.138 e. The van der Waals surface area contributed by atoms with E-state index in [1.165, 1.54) is 0 Å². The standard InChI is InChI=1S/C15H19N5O/c1-10(21)15-18-13-7-12(16)3-4-14(13)20(15)6-5-11-8-17-19(2)9-11/h3-4,7-10,21H,5-6,16H2,1-2H3. The predicted octanol–water partition coefficient (Wildman–Crippen LogP) is 1.65. The second kappa shape index (κ2) is 5.21. The van der Waals surface area contributed by atoms with Crippen molar-refractivity contribution >= 4 is 16.7 Å². The summed E-state index contributed by atoms with van der Waals surface area (Å²) in [5.41, 5.74) is 9.45. The maximum absolute atomic E-state index is 9.95. The SMILES string of the molecule is CC(O)c1nc2cc(N)ccc2n1CCc1cnn(C)c1. The van der Waals surface area contributed by atoms with Crippen molar-refractivity contribution in [1.82, 2.24) is 19.3 Å². The molecule has 21 heavy (non-hydrogen) atoms. The van der Waals surface area contributed by atoms with Crippen molar-refractivity contribution in [2.45, 2.75) is 26.0 Å². The van der Waals surface area contributed by atoms with Crippen LogP contribution in [0.25, 0.3) is 11.0 Å². The molecule has 0 saturated carbocycles. The van der Waals surface area contributed by atoms with Gasteiger partial charge in [-0.25, -0.2) is 4.98 Å². The van der Waals surface area contributed by atoms with E-state index in [2.05, 4.69) is 10.1 Å². The van der Waals surface area contributed by atoms with E-state index in [1.807, 2.05) is 42.2 Å². The monoisotopic (exact) mass is 285 g/mol. The number of aryl methyl sites for hydroxylation is 3. The van der Waals surface area contributed by atoms with Gasteiger partial charge in [0.25, 0.3) is 0 Å². The molecular weight excluding hydrogens is 266 g/mol. The molecule has 6 nitrogen and oxygen atoms in total. The molecule has 1 aromatic carbocycles. The number of hydrogen-bond acceptors (Lipinski definition) is 4. The van der Waals surface area contributed by atoms with Crippen LogP contribution >= 0.6 is 0 Å². The van der Waals surface area contributed by atoms with Gasteiger partial charge in [0.15, 0.2) is 0 Å². The molecule has 0 aliphatic carbocycles. The first-order valence-electron chi connectivity index (χ1n) is 6.96. The largest absolute Gasteiger partial charge is 0.399 e. The quantitative estimate of drug-likeness (QED) is 0.714. The van der Waals surface area contributed by atoms with Gasteiger partial charge in [0.05, 0.1) is 17.2 Å². The summed E-state index contributed by atoms with van der Waals surface area (Å²) in [5.74, 6) is 0.666. The van der Waals surface area contributed by atoms with Gasteiger partial charge in [-0.1, -0.05) is 0 Å². The number of nitrogens with zero attached hydrogens (tertiary/aromatic N) is 4. The van der Waals surface area contributed by atoms with E-state index in [0.29, 0.717) is 11.5 Å². The van der Waals surface area contributed by atoms with Crippen LogP contribution < -0.4 is 5.73 Å². The van der Waals surface area contributed by atoms with Crippen molar-refractivity contribution in [2.75, 3.05) is 5.73 Å². The zero-order valence-electron chi connectivity index (χ0n) is 12.2. The van der Waals surface area contributed by atoms with E-state index in [1.54, 1.807) is 11.6 Å². The van der Waals surface area contributed by atoms with E-state index in [9.17, 15) is 5.11 Å². The van der Waals surface area contributed by atoms with Crippen LogP contribution in [0.4, 0.5) is 5.69 Å². The Labute approximate surface area is 122 Å². The van der Waals surface area contributed by atoms with Gasteiger partial charge >= 0.3 is 0 Å². The zero-order valence-corrected chi connectivity index (χ0v) is 12.2. The van der Waals surface area contributed by atoms with Crippen molar-refractivity contribution in [3.8, 4) is 0 Å². The molecule has 110 valence electrons. The highest BCUT2D eigenvalue weighted by Gasteiger charge is 2.15. The molecule has 0 fully saturated rings. The lowest BCUT2D eigenvalue weighted by Gasteiger charge is -2.10. The second-order valence-corrected chi connectivity index (χ2v) is 5.32. The summed E-state index contributed by atoms with van der Waals surface area (Å²) < 4.78 is 3.84. The molecule has 3 N–H and O–H groups in total. The van der Waals surface area contributed by atoms with Crippen molar-refractivity contribution in [3.63, 3.8) is 0 Å². The Balaban J connectivity index is 1.97. The van der Waals surface area contributed by atoms with Crippen LogP contribution in [-0.2, 0) is 20.0 Å². The van der Waals surface area contributed by atoms with E-state index in [-0.39, 0.29) is 0 Å². The highest BCUT2D eigenvalue weighted by atomic mass is 16.3. The first-order chi connectivity index (χ1) is 10.0. The molecule has 1 unspecified atom stereocenters. The Bertz CT molecular complexity index is 772. The third-order valence-corrected chi connectivity index (χ3v) is 3.56. The fourth-order valence-electron chi connectivity index (χ4n) is 2.56. The number of benzene rings is 1. The molecule has 3 rings (SSSR count). The van der Waals surface area contributed by atoms with Gasteiger partial charge in [0.2, 0.25) is 0 Å². The summed E-state index contributed by atoms with van der Waals surface area (Å²) >= 11 is 0. The molecule has 6 heteroatoms. The van der Waals surface area contributed by atoms with Gasteiger partial charge < -0.3 is 15.4 Å². The lowest BCUT2D eigenvalue weighted by Crippen LogP contribution is -2.08. The Morgan fingerprint density at radius 1 is 1.38 bits per heavy atom. The lowest BCUT2D eigenvalue weighted by molar-refractivity contribution is 0.184. The van der Waals surface area contributed by atoms with Crippen molar-refractivity contribution < 1.29 is 5.11 Å². The van der Waals surface area contributed by atoms with Crippen LogP contribution in [0.1, 0.15) is 24.4 Å². The summed E-state index contributed by atoms with van der Waals surface area (Å²) in [4.78, 5) is 4.50. The van der Waals surface area contributed by atoms with Crippen LogP contribution in [0, 0.1) is 0 Å². The van der Waals surface area contributed by atoms with Crippen molar-refractivity contribution in [1.29, 1.82) is 0 Å². The number of rotatable bonds is 4. The summed E-state index contributed by atoms with van der Waals surface area (Å²) in [6, 6.07) is 5.64. The number of fused-ring (bicyclic) bond motifs is 1. The molecule has 3 aromatic rings. The van der Waals surface area contributed by atoms with Gasteiger partial charge in [-0.2, -0.15) is 5.10 Å².